The molecule has 0 aliphatic heterocycles. The highest BCUT2D eigenvalue weighted by Gasteiger charge is 2.23. The molecular formula is C14H19ClFNO2S. The maximum absolute atomic E-state index is 13.0. The predicted molar refractivity (Wildman–Crippen MR) is 77.9 cm³/mol. The molecule has 2 unspecified atom stereocenters. The van der Waals surface area contributed by atoms with E-state index in [2.05, 4.69) is 4.72 Å². The molecule has 0 aromatic heterocycles. The molecule has 1 N–H and O–H groups in total. The van der Waals surface area contributed by atoms with Gasteiger partial charge in [-0.2, -0.15) is 0 Å². The Balaban J connectivity index is 2.03. The lowest BCUT2D eigenvalue weighted by Crippen LogP contribution is -2.32. The minimum atomic E-state index is -3.58. The quantitative estimate of drug-likeness (QED) is 0.866. The highest BCUT2D eigenvalue weighted by molar-refractivity contribution is 7.89. The number of hydrogen-bond acceptors (Lipinski definition) is 2. The summed E-state index contributed by atoms with van der Waals surface area (Å²) in [6, 6.07) is 3.69. The van der Waals surface area contributed by atoms with Crippen LogP contribution in [0, 0.1) is 18.7 Å². The summed E-state index contributed by atoms with van der Waals surface area (Å²) in [7, 11) is -3.58. The van der Waals surface area contributed by atoms with Crippen LogP contribution in [-0.2, 0) is 10.0 Å². The molecule has 3 nitrogen and oxygen atoms in total. The van der Waals surface area contributed by atoms with Gasteiger partial charge in [-0.3, -0.25) is 0 Å². The molecule has 1 saturated carbocycles. The summed E-state index contributed by atoms with van der Waals surface area (Å²) in [6.45, 7) is 1.98. The monoisotopic (exact) mass is 319 g/mol. The zero-order valence-electron chi connectivity index (χ0n) is 11.4. The molecule has 0 amide bonds. The average Bonchev–Trinajstić information content (AvgIpc) is 2.36. The Kier molecular flexibility index (Phi) is 5.04. The van der Waals surface area contributed by atoms with E-state index >= 15 is 0 Å². The summed E-state index contributed by atoms with van der Waals surface area (Å²) in [5.41, 5.74) is 0.413. The van der Waals surface area contributed by atoms with E-state index in [1.165, 1.54) is 12.1 Å². The normalized spacial score (nSPS) is 23.8. The first kappa shape index (κ1) is 15.7. The fourth-order valence-corrected chi connectivity index (χ4v) is 4.38. The molecule has 0 saturated heterocycles. The molecule has 0 heterocycles. The second-order valence-corrected chi connectivity index (χ2v) is 7.74. The van der Waals surface area contributed by atoms with Gasteiger partial charge in [-0.15, -0.1) is 11.6 Å². The number of aryl methyl sites for hydroxylation is 1. The summed E-state index contributed by atoms with van der Waals surface area (Å²) in [5.74, 6) is -0.152. The van der Waals surface area contributed by atoms with E-state index in [-0.39, 0.29) is 16.2 Å². The van der Waals surface area contributed by atoms with Crippen molar-refractivity contribution in [3.63, 3.8) is 0 Å². The molecule has 1 aliphatic carbocycles. The number of benzene rings is 1. The van der Waals surface area contributed by atoms with Crippen molar-refractivity contribution in [2.75, 3.05) is 6.54 Å². The van der Waals surface area contributed by atoms with Gasteiger partial charge in [0.2, 0.25) is 10.0 Å². The van der Waals surface area contributed by atoms with E-state index in [9.17, 15) is 12.8 Å². The van der Waals surface area contributed by atoms with E-state index < -0.39 is 15.8 Å². The first-order valence-electron chi connectivity index (χ1n) is 6.78. The second kappa shape index (κ2) is 6.41. The maximum atomic E-state index is 13.0. The Labute approximate surface area is 124 Å². The Hall–Kier alpha value is -0.650. The predicted octanol–water partition coefficient (Wildman–Crippen LogP) is 3.21. The van der Waals surface area contributed by atoms with E-state index in [0.29, 0.717) is 12.1 Å². The van der Waals surface area contributed by atoms with Crippen LogP contribution in [0.3, 0.4) is 0 Å². The van der Waals surface area contributed by atoms with Gasteiger partial charge in [-0.25, -0.2) is 17.5 Å². The smallest absolute Gasteiger partial charge is 0.211 e. The van der Waals surface area contributed by atoms with Crippen LogP contribution in [0.25, 0.3) is 0 Å². The molecule has 6 heteroatoms. The molecular weight excluding hydrogens is 301 g/mol. The van der Waals surface area contributed by atoms with Crippen molar-refractivity contribution < 1.29 is 12.8 Å². The molecule has 2 atom stereocenters. The van der Waals surface area contributed by atoms with Crippen LogP contribution in [0.1, 0.15) is 31.2 Å². The molecule has 1 aromatic carbocycles. The maximum Gasteiger partial charge on any atom is 0.240 e. The molecule has 0 bridgehead atoms. The first-order valence-corrected chi connectivity index (χ1v) is 8.70. The van der Waals surface area contributed by atoms with Gasteiger partial charge in [0, 0.05) is 11.9 Å². The fourth-order valence-electron chi connectivity index (χ4n) is 2.63. The largest absolute Gasteiger partial charge is 0.240 e. The summed E-state index contributed by atoms with van der Waals surface area (Å²) in [4.78, 5) is 0.136. The van der Waals surface area contributed by atoms with Crippen molar-refractivity contribution in [3.8, 4) is 0 Å². The fraction of sp³-hybridized carbons (Fsp3) is 0.571. The molecule has 1 aliphatic rings. The van der Waals surface area contributed by atoms with Gasteiger partial charge in [-0.05, 0) is 55.9 Å². The van der Waals surface area contributed by atoms with Gasteiger partial charge in [0.1, 0.15) is 5.82 Å². The van der Waals surface area contributed by atoms with Crippen molar-refractivity contribution in [3.05, 3.63) is 29.6 Å². The van der Waals surface area contributed by atoms with E-state index in [4.69, 9.17) is 11.6 Å². The van der Waals surface area contributed by atoms with Crippen molar-refractivity contribution in [2.45, 2.75) is 42.9 Å². The summed E-state index contributed by atoms with van der Waals surface area (Å²) < 4.78 is 40.1. The first-order chi connectivity index (χ1) is 9.38. The third kappa shape index (κ3) is 3.93. The van der Waals surface area contributed by atoms with Gasteiger partial charge < -0.3 is 0 Å². The van der Waals surface area contributed by atoms with Crippen molar-refractivity contribution >= 4 is 21.6 Å². The molecule has 0 spiro atoms. The Morgan fingerprint density at radius 2 is 2.15 bits per heavy atom. The molecule has 1 fully saturated rings. The number of hydrogen-bond donors (Lipinski definition) is 1. The van der Waals surface area contributed by atoms with Crippen LogP contribution >= 0.6 is 11.6 Å². The van der Waals surface area contributed by atoms with Crippen molar-refractivity contribution in [1.82, 2.24) is 4.72 Å². The lowest BCUT2D eigenvalue weighted by atomic mass is 9.89. The molecule has 2 rings (SSSR count). The third-order valence-corrected chi connectivity index (χ3v) is 5.69. The van der Waals surface area contributed by atoms with Gasteiger partial charge in [-0.1, -0.05) is 6.42 Å². The van der Waals surface area contributed by atoms with E-state index in [1.54, 1.807) is 6.92 Å². The second-order valence-electron chi connectivity index (χ2n) is 5.39. The number of sulfonamides is 1. The summed E-state index contributed by atoms with van der Waals surface area (Å²) in [6.07, 6.45) is 3.87. The molecule has 112 valence electrons. The SMILES string of the molecule is Cc1cc(F)ccc1S(=O)(=O)NCC1CCCC(Cl)C1. The Morgan fingerprint density at radius 1 is 1.40 bits per heavy atom. The molecule has 20 heavy (non-hydrogen) atoms. The molecule has 1 aromatic rings. The number of alkyl halides is 1. The van der Waals surface area contributed by atoms with Crippen molar-refractivity contribution in [1.29, 1.82) is 0 Å². The zero-order chi connectivity index (χ0) is 14.8. The van der Waals surface area contributed by atoms with Gasteiger partial charge >= 0.3 is 0 Å². The van der Waals surface area contributed by atoms with Crippen LogP contribution in [0.4, 0.5) is 4.39 Å². The van der Waals surface area contributed by atoms with Gasteiger partial charge in [0.15, 0.2) is 0 Å². The highest BCUT2D eigenvalue weighted by atomic mass is 35.5. The third-order valence-electron chi connectivity index (χ3n) is 3.71. The van der Waals surface area contributed by atoms with Gasteiger partial charge in [0.25, 0.3) is 0 Å². The average molecular weight is 320 g/mol. The van der Waals surface area contributed by atoms with E-state index in [1.807, 2.05) is 0 Å². The lowest BCUT2D eigenvalue weighted by Gasteiger charge is -2.25. The van der Waals surface area contributed by atoms with Crippen LogP contribution < -0.4 is 4.72 Å². The molecule has 0 radical (unpaired) electrons. The number of halogens is 2. The summed E-state index contributed by atoms with van der Waals surface area (Å²) in [5, 5.41) is 0.144. The lowest BCUT2D eigenvalue weighted by molar-refractivity contribution is 0.361. The summed E-state index contributed by atoms with van der Waals surface area (Å²) >= 11 is 6.10. The van der Waals surface area contributed by atoms with Crippen LogP contribution in [0.2, 0.25) is 0 Å². The van der Waals surface area contributed by atoms with E-state index in [0.717, 1.165) is 31.7 Å². The zero-order valence-corrected chi connectivity index (χ0v) is 13.0. The Bertz CT molecular complexity index is 577. The van der Waals surface area contributed by atoms with Crippen LogP contribution in [0.15, 0.2) is 23.1 Å². The van der Waals surface area contributed by atoms with Crippen LogP contribution in [-0.4, -0.2) is 20.3 Å². The minimum Gasteiger partial charge on any atom is -0.211 e. The minimum absolute atomic E-state index is 0.136. The Morgan fingerprint density at radius 3 is 2.80 bits per heavy atom. The topological polar surface area (TPSA) is 46.2 Å². The van der Waals surface area contributed by atoms with Gasteiger partial charge in [0.05, 0.1) is 4.90 Å². The van der Waals surface area contributed by atoms with Crippen molar-refractivity contribution in [2.24, 2.45) is 5.92 Å². The standard InChI is InChI=1S/C14H19ClFNO2S/c1-10-7-13(16)5-6-14(10)20(18,19)17-9-11-3-2-4-12(15)8-11/h5-7,11-12,17H,2-4,8-9H2,1H3. The highest BCUT2D eigenvalue weighted by Crippen LogP contribution is 2.27. The van der Waals surface area contributed by atoms with Crippen LogP contribution in [0.5, 0.6) is 0 Å². The number of nitrogens with one attached hydrogen (secondary N) is 1. The number of rotatable bonds is 4.